The fourth-order valence-electron chi connectivity index (χ4n) is 5.90. The Morgan fingerprint density at radius 1 is 0.927 bits per heavy atom. The Morgan fingerprint density at radius 3 is 2.56 bits per heavy atom. The lowest BCUT2D eigenvalue weighted by molar-refractivity contribution is -0.132. The molecular formula is C33H34ClN3O4. The first-order chi connectivity index (χ1) is 19.9. The van der Waals surface area contributed by atoms with E-state index in [1.165, 1.54) is 0 Å². The van der Waals surface area contributed by atoms with Gasteiger partial charge in [-0.25, -0.2) is 0 Å². The van der Waals surface area contributed by atoms with E-state index < -0.39 is 0 Å². The number of furan rings is 1. The molecule has 0 saturated carbocycles. The molecule has 1 atom stereocenters. The van der Waals surface area contributed by atoms with Crippen LogP contribution in [0.15, 0.2) is 77.2 Å². The minimum Gasteiger partial charge on any atom is -0.506 e. The first-order valence-electron chi connectivity index (χ1n) is 14.3. The first kappa shape index (κ1) is 27.4. The van der Waals surface area contributed by atoms with Gasteiger partial charge in [-0.05, 0) is 61.3 Å². The Labute approximate surface area is 244 Å². The summed E-state index contributed by atoms with van der Waals surface area (Å²) in [4.78, 5) is 32.3. The summed E-state index contributed by atoms with van der Waals surface area (Å²) in [7, 11) is 0. The number of amides is 1. The molecule has 212 valence electrons. The van der Waals surface area contributed by atoms with Crippen molar-refractivity contribution in [3.63, 3.8) is 0 Å². The van der Waals surface area contributed by atoms with E-state index in [0.29, 0.717) is 44.0 Å². The van der Waals surface area contributed by atoms with E-state index in [0.717, 1.165) is 59.6 Å². The molecule has 2 fully saturated rings. The normalized spacial score (nSPS) is 17.8. The number of aromatic hydroxyl groups is 1. The maximum atomic E-state index is 13.1. The molecule has 7 nitrogen and oxygen atoms in total. The molecule has 0 bridgehead atoms. The number of Topliss-reactive ketones (excluding diaryl/α,β-unsaturated/α-hetero) is 1. The van der Waals surface area contributed by atoms with Gasteiger partial charge >= 0.3 is 0 Å². The van der Waals surface area contributed by atoms with Crippen LogP contribution in [0.3, 0.4) is 0 Å². The second-order valence-corrected chi connectivity index (χ2v) is 11.4. The van der Waals surface area contributed by atoms with Crippen LogP contribution in [0.25, 0.3) is 22.3 Å². The minimum atomic E-state index is -0.0359. The summed E-state index contributed by atoms with van der Waals surface area (Å²) in [5, 5.41) is 11.0. The number of para-hydroxylation sites is 1. The van der Waals surface area contributed by atoms with Crippen molar-refractivity contribution < 1.29 is 19.1 Å². The number of benzene rings is 3. The first-order valence-corrected chi connectivity index (χ1v) is 14.6. The van der Waals surface area contributed by atoms with Crippen molar-refractivity contribution in [2.24, 2.45) is 5.92 Å². The van der Waals surface area contributed by atoms with Crippen molar-refractivity contribution in [2.75, 3.05) is 50.7 Å². The number of nitrogens with zero attached hydrogens (tertiary/aromatic N) is 3. The lowest BCUT2D eigenvalue weighted by Crippen LogP contribution is -2.51. The molecule has 2 aliphatic heterocycles. The monoisotopic (exact) mass is 571 g/mol. The number of hydrogen-bond donors (Lipinski definition) is 1. The zero-order valence-electron chi connectivity index (χ0n) is 23.0. The number of fused-ring (bicyclic) bond motifs is 1. The van der Waals surface area contributed by atoms with Crippen LogP contribution >= 0.6 is 11.6 Å². The van der Waals surface area contributed by atoms with Crippen LogP contribution in [-0.4, -0.2) is 72.4 Å². The molecule has 1 N–H and O–H groups in total. The van der Waals surface area contributed by atoms with E-state index in [-0.39, 0.29) is 23.4 Å². The number of aryl methyl sites for hydroxylation is 1. The van der Waals surface area contributed by atoms with Crippen molar-refractivity contribution in [3.05, 3.63) is 83.4 Å². The van der Waals surface area contributed by atoms with E-state index in [9.17, 15) is 14.7 Å². The van der Waals surface area contributed by atoms with Crippen LogP contribution in [0.5, 0.6) is 5.75 Å². The fraction of sp³-hybridized carbons (Fsp3) is 0.333. The molecular weight excluding hydrogens is 538 g/mol. The van der Waals surface area contributed by atoms with Gasteiger partial charge in [-0.15, -0.1) is 0 Å². The number of phenols is 1. The number of carbonyl (C=O) groups is 2. The number of anilines is 1. The van der Waals surface area contributed by atoms with Crippen molar-refractivity contribution in [2.45, 2.75) is 19.3 Å². The van der Waals surface area contributed by atoms with Gasteiger partial charge in [0.1, 0.15) is 22.9 Å². The smallest absolute Gasteiger partial charge is 0.236 e. The third-order valence-corrected chi connectivity index (χ3v) is 8.62. The van der Waals surface area contributed by atoms with Crippen LogP contribution in [0.4, 0.5) is 5.69 Å². The molecule has 6 rings (SSSR count). The van der Waals surface area contributed by atoms with Gasteiger partial charge in [0.25, 0.3) is 0 Å². The third-order valence-electron chi connectivity index (χ3n) is 8.31. The maximum Gasteiger partial charge on any atom is 0.236 e. The van der Waals surface area contributed by atoms with Crippen LogP contribution in [0.1, 0.15) is 18.4 Å². The number of likely N-dealkylation sites (tertiary alicyclic amines) is 1. The summed E-state index contributed by atoms with van der Waals surface area (Å²) in [6.07, 6.45) is 1.82. The zero-order chi connectivity index (χ0) is 28.3. The second kappa shape index (κ2) is 12.0. The number of carbonyl (C=O) groups excluding carboxylic acids is 2. The Bertz CT molecular complexity index is 1530. The summed E-state index contributed by atoms with van der Waals surface area (Å²) in [6.45, 7) is 4.67. The van der Waals surface area contributed by atoms with Gasteiger partial charge in [0, 0.05) is 61.7 Å². The van der Waals surface area contributed by atoms with Gasteiger partial charge in [0.2, 0.25) is 5.91 Å². The molecule has 2 saturated heterocycles. The third kappa shape index (κ3) is 6.26. The summed E-state index contributed by atoms with van der Waals surface area (Å²) in [5.41, 5.74) is 3.99. The van der Waals surface area contributed by atoms with Crippen molar-refractivity contribution in [1.29, 1.82) is 0 Å². The quantitative estimate of drug-likeness (QED) is 0.295. The second-order valence-electron chi connectivity index (χ2n) is 11.0. The number of ketones is 1. The molecule has 4 aromatic rings. The highest BCUT2D eigenvalue weighted by Gasteiger charge is 2.30. The molecule has 41 heavy (non-hydrogen) atoms. The Balaban J connectivity index is 0.973. The molecule has 0 unspecified atom stereocenters. The lowest BCUT2D eigenvalue weighted by atomic mass is 9.97. The molecule has 1 amide bonds. The molecule has 3 heterocycles. The number of rotatable bonds is 8. The van der Waals surface area contributed by atoms with Crippen molar-refractivity contribution >= 4 is 39.9 Å². The topological polar surface area (TPSA) is 77.2 Å². The maximum absolute atomic E-state index is 13.1. The van der Waals surface area contributed by atoms with Gasteiger partial charge in [-0.1, -0.05) is 48.0 Å². The molecule has 0 spiro atoms. The van der Waals surface area contributed by atoms with Gasteiger partial charge < -0.3 is 19.3 Å². The SMILES string of the molecule is O=C(CCc1ccc(O)c(Cl)c1)[C@@H]1CCN(CC(=O)N2CCN(c3cccc(-c4cc5ccccc5o4)c3)CC2)C1. The Hall–Kier alpha value is -3.81. The van der Waals surface area contributed by atoms with Crippen molar-refractivity contribution in [1.82, 2.24) is 9.80 Å². The largest absolute Gasteiger partial charge is 0.506 e. The average molecular weight is 572 g/mol. The summed E-state index contributed by atoms with van der Waals surface area (Å²) < 4.78 is 6.06. The molecule has 0 radical (unpaired) electrons. The summed E-state index contributed by atoms with van der Waals surface area (Å²) in [6, 6.07) is 23.6. The highest BCUT2D eigenvalue weighted by molar-refractivity contribution is 6.32. The minimum absolute atomic E-state index is 0.0359. The van der Waals surface area contributed by atoms with E-state index in [4.69, 9.17) is 16.0 Å². The fourth-order valence-corrected chi connectivity index (χ4v) is 6.11. The van der Waals surface area contributed by atoms with Crippen LogP contribution in [0, 0.1) is 5.92 Å². The number of hydrogen-bond acceptors (Lipinski definition) is 6. The van der Waals surface area contributed by atoms with E-state index >= 15 is 0 Å². The standard InChI is InChI=1S/C33H34ClN3O4/c34-28-18-23(9-11-30(28)39)8-10-29(38)26-12-13-35(21-26)22-33(40)37-16-14-36(15-17-37)27-6-3-5-24(19-27)32-20-25-4-1-2-7-31(25)41-32/h1-7,9,11,18-20,26,39H,8,10,12-17,21-22H2/t26-/m1/s1. The van der Waals surface area contributed by atoms with Gasteiger partial charge in [-0.3, -0.25) is 14.5 Å². The number of piperazine rings is 1. The molecule has 0 aliphatic carbocycles. The van der Waals surface area contributed by atoms with E-state index in [2.05, 4.69) is 46.2 Å². The van der Waals surface area contributed by atoms with Gasteiger partial charge in [-0.2, -0.15) is 0 Å². The molecule has 8 heteroatoms. The molecule has 2 aliphatic rings. The van der Waals surface area contributed by atoms with Crippen LogP contribution in [0.2, 0.25) is 5.02 Å². The molecule has 1 aromatic heterocycles. The predicted molar refractivity (Wildman–Crippen MR) is 161 cm³/mol. The van der Waals surface area contributed by atoms with E-state index in [1.807, 2.05) is 23.1 Å². The van der Waals surface area contributed by atoms with Crippen LogP contribution in [-0.2, 0) is 16.0 Å². The van der Waals surface area contributed by atoms with Crippen LogP contribution < -0.4 is 4.90 Å². The average Bonchev–Trinajstić information content (AvgIpc) is 3.65. The van der Waals surface area contributed by atoms with Gasteiger partial charge in [0.05, 0.1) is 11.6 Å². The summed E-state index contributed by atoms with van der Waals surface area (Å²) >= 11 is 5.99. The Morgan fingerprint density at radius 2 is 1.76 bits per heavy atom. The lowest BCUT2D eigenvalue weighted by Gasteiger charge is -2.37. The Kier molecular flexibility index (Phi) is 7.99. The number of halogens is 1. The molecule has 3 aromatic carbocycles. The predicted octanol–water partition coefficient (Wildman–Crippen LogP) is 5.63. The highest BCUT2D eigenvalue weighted by Crippen LogP contribution is 2.31. The van der Waals surface area contributed by atoms with E-state index in [1.54, 1.807) is 18.2 Å². The highest BCUT2D eigenvalue weighted by atomic mass is 35.5. The van der Waals surface area contributed by atoms with Gasteiger partial charge in [0.15, 0.2) is 0 Å². The van der Waals surface area contributed by atoms with Crippen molar-refractivity contribution in [3.8, 4) is 17.1 Å². The number of phenolic OH excluding ortho intramolecular Hbond substituents is 1. The summed E-state index contributed by atoms with van der Waals surface area (Å²) in [5.74, 6) is 1.22. The zero-order valence-corrected chi connectivity index (χ0v) is 23.7.